The number of ether oxygens (including phenoxy) is 1. The van der Waals surface area contributed by atoms with Gasteiger partial charge in [0.1, 0.15) is 17.4 Å². The predicted molar refractivity (Wildman–Crippen MR) is 106 cm³/mol. The van der Waals surface area contributed by atoms with Gasteiger partial charge in [0, 0.05) is 29.4 Å². The number of carboxylic acid groups (broad SMARTS) is 1. The summed E-state index contributed by atoms with van der Waals surface area (Å²) >= 11 is 0. The highest BCUT2D eigenvalue weighted by Gasteiger charge is 2.19. The molecule has 4 rings (SSSR count). The lowest BCUT2D eigenvalue weighted by Gasteiger charge is -2.20. The molecule has 0 bridgehead atoms. The van der Waals surface area contributed by atoms with E-state index in [1.54, 1.807) is 36.1 Å². The van der Waals surface area contributed by atoms with Crippen molar-refractivity contribution in [1.82, 2.24) is 14.8 Å². The molecule has 9 heteroatoms. The van der Waals surface area contributed by atoms with Crippen LogP contribution < -0.4 is 10.5 Å². The van der Waals surface area contributed by atoms with Crippen molar-refractivity contribution in [3.05, 3.63) is 77.6 Å². The number of nitrogen functional groups attached to an aromatic ring is 1. The average molecular weight is 410 g/mol. The van der Waals surface area contributed by atoms with Crippen LogP contribution in [0.15, 0.2) is 54.9 Å². The highest BCUT2D eigenvalue weighted by atomic mass is 19.1. The van der Waals surface area contributed by atoms with Crippen LogP contribution in [0, 0.1) is 11.6 Å². The summed E-state index contributed by atoms with van der Waals surface area (Å²) in [7, 11) is 0. The Morgan fingerprint density at radius 2 is 2.03 bits per heavy atom. The number of aromatic carboxylic acids is 1. The molecule has 0 spiro atoms. The molecule has 0 saturated carbocycles. The summed E-state index contributed by atoms with van der Waals surface area (Å²) in [4.78, 5) is 15.4. The Morgan fingerprint density at radius 1 is 1.23 bits per heavy atom. The third kappa shape index (κ3) is 3.52. The van der Waals surface area contributed by atoms with Gasteiger partial charge in [-0.3, -0.25) is 0 Å². The molecule has 4 aromatic rings. The van der Waals surface area contributed by atoms with E-state index in [-0.39, 0.29) is 28.0 Å². The first-order chi connectivity index (χ1) is 14.3. The molecule has 0 aliphatic rings. The molecule has 1 atom stereocenters. The SMILES string of the molecule is C[C@H](Oc1cc2cc(F)cc(F)c2nc1N)c1cc(C(=O)O)ccc1-n1cccn1. The monoisotopic (exact) mass is 410 g/mol. The summed E-state index contributed by atoms with van der Waals surface area (Å²) in [6, 6.07) is 9.55. The number of pyridine rings is 1. The van der Waals surface area contributed by atoms with Crippen molar-refractivity contribution in [3.63, 3.8) is 0 Å². The number of benzene rings is 2. The number of nitrogens with zero attached hydrogens (tertiary/aromatic N) is 3. The molecule has 7 nitrogen and oxygen atoms in total. The fraction of sp³-hybridized carbons (Fsp3) is 0.0952. The Morgan fingerprint density at radius 3 is 2.73 bits per heavy atom. The van der Waals surface area contributed by atoms with Crippen LogP contribution in [0.5, 0.6) is 5.75 Å². The zero-order chi connectivity index (χ0) is 21.4. The summed E-state index contributed by atoms with van der Waals surface area (Å²) in [6.45, 7) is 1.70. The number of carboxylic acids is 1. The lowest BCUT2D eigenvalue weighted by molar-refractivity contribution is 0.0696. The first kappa shape index (κ1) is 19.3. The number of carbonyl (C=O) groups is 1. The standard InChI is InChI=1S/C21H16F2N4O3/c1-11(15-8-12(21(28)29)3-4-17(15)27-6-2-5-25-27)30-18-9-13-7-14(22)10-16(23)19(13)26-20(18)24/h2-11H,1H3,(H2,24,26)(H,28,29)/t11-/m0/s1. The number of nitrogens with two attached hydrogens (primary N) is 1. The third-order valence-electron chi connectivity index (χ3n) is 4.60. The molecule has 0 unspecified atom stereocenters. The molecule has 3 N–H and O–H groups in total. The molecule has 152 valence electrons. The number of fused-ring (bicyclic) bond motifs is 1. The van der Waals surface area contributed by atoms with E-state index < -0.39 is 23.7 Å². The van der Waals surface area contributed by atoms with Crippen LogP contribution in [-0.4, -0.2) is 25.8 Å². The molecule has 0 amide bonds. The maximum atomic E-state index is 14.0. The van der Waals surface area contributed by atoms with E-state index in [1.807, 2.05) is 0 Å². The van der Waals surface area contributed by atoms with Gasteiger partial charge in [-0.05, 0) is 43.3 Å². The van der Waals surface area contributed by atoms with Gasteiger partial charge in [-0.2, -0.15) is 5.10 Å². The van der Waals surface area contributed by atoms with Crippen molar-refractivity contribution in [2.75, 3.05) is 5.73 Å². The molecule has 0 saturated heterocycles. The van der Waals surface area contributed by atoms with Crippen molar-refractivity contribution in [1.29, 1.82) is 0 Å². The normalized spacial score (nSPS) is 12.1. The number of rotatable bonds is 5. The summed E-state index contributed by atoms with van der Waals surface area (Å²) in [5.74, 6) is -2.62. The molecule has 0 aliphatic heterocycles. The Balaban J connectivity index is 1.77. The van der Waals surface area contributed by atoms with Gasteiger partial charge in [-0.15, -0.1) is 0 Å². The molecular formula is C21H16F2N4O3. The van der Waals surface area contributed by atoms with Crippen LogP contribution in [-0.2, 0) is 0 Å². The van der Waals surface area contributed by atoms with E-state index in [0.717, 1.165) is 12.1 Å². The van der Waals surface area contributed by atoms with Crippen LogP contribution in [0.25, 0.3) is 16.6 Å². The van der Waals surface area contributed by atoms with Gasteiger partial charge >= 0.3 is 5.97 Å². The molecule has 2 aromatic heterocycles. The Hall–Kier alpha value is -4.01. The second kappa shape index (κ2) is 7.43. The molecule has 2 heterocycles. The van der Waals surface area contributed by atoms with Crippen LogP contribution in [0.1, 0.15) is 28.9 Å². The fourth-order valence-electron chi connectivity index (χ4n) is 3.19. The van der Waals surface area contributed by atoms with Crippen LogP contribution in [0.2, 0.25) is 0 Å². The van der Waals surface area contributed by atoms with E-state index >= 15 is 0 Å². The number of halogens is 2. The minimum atomic E-state index is -1.09. The van der Waals surface area contributed by atoms with Crippen LogP contribution >= 0.6 is 0 Å². The van der Waals surface area contributed by atoms with Crippen LogP contribution in [0.4, 0.5) is 14.6 Å². The Bertz CT molecular complexity index is 1260. The molecule has 2 aromatic carbocycles. The second-order valence-electron chi connectivity index (χ2n) is 6.62. The lowest BCUT2D eigenvalue weighted by atomic mass is 10.0. The lowest BCUT2D eigenvalue weighted by Crippen LogP contribution is -2.12. The van der Waals surface area contributed by atoms with Crippen molar-refractivity contribution < 1.29 is 23.4 Å². The Kier molecular flexibility index (Phi) is 4.78. The zero-order valence-corrected chi connectivity index (χ0v) is 15.7. The van der Waals surface area contributed by atoms with E-state index in [9.17, 15) is 18.7 Å². The maximum Gasteiger partial charge on any atom is 0.335 e. The smallest absolute Gasteiger partial charge is 0.335 e. The first-order valence-electron chi connectivity index (χ1n) is 8.92. The first-order valence-corrected chi connectivity index (χ1v) is 8.92. The van der Waals surface area contributed by atoms with E-state index in [0.29, 0.717) is 11.3 Å². The zero-order valence-electron chi connectivity index (χ0n) is 15.7. The minimum absolute atomic E-state index is 0.0704. The molecule has 30 heavy (non-hydrogen) atoms. The van der Waals surface area contributed by atoms with Crippen molar-refractivity contribution in [2.24, 2.45) is 0 Å². The van der Waals surface area contributed by atoms with Crippen molar-refractivity contribution >= 4 is 22.7 Å². The van der Waals surface area contributed by atoms with Gasteiger partial charge in [0.05, 0.1) is 11.3 Å². The molecule has 0 aliphatic carbocycles. The largest absolute Gasteiger partial charge is 0.482 e. The van der Waals surface area contributed by atoms with Crippen molar-refractivity contribution in [3.8, 4) is 11.4 Å². The summed E-state index contributed by atoms with van der Waals surface area (Å²) in [5, 5.41) is 13.7. The minimum Gasteiger partial charge on any atom is -0.482 e. The number of hydrogen-bond acceptors (Lipinski definition) is 5. The number of hydrogen-bond donors (Lipinski definition) is 2. The van der Waals surface area contributed by atoms with E-state index in [4.69, 9.17) is 10.5 Å². The average Bonchev–Trinajstić information content (AvgIpc) is 3.23. The van der Waals surface area contributed by atoms with Gasteiger partial charge < -0.3 is 15.6 Å². The van der Waals surface area contributed by atoms with Gasteiger partial charge in [-0.1, -0.05) is 0 Å². The Labute approximate surface area is 169 Å². The highest BCUT2D eigenvalue weighted by molar-refractivity contribution is 5.88. The third-order valence-corrected chi connectivity index (χ3v) is 4.60. The van der Waals surface area contributed by atoms with Gasteiger partial charge in [-0.25, -0.2) is 23.2 Å². The maximum absolute atomic E-state index is 14.0. The van der Waals surface area contributed by atoms with E-state index in [1.165, 1.54) is 18.2 Å². The molecule has 0 fully saturated rings. The predicted octanol–water partition coefficient (Wildman–Crippen LogP) is 4.12. The highest BCUT2D eigenvalue weighted by Crippen LogP contribution is 2.33. The summed E-state index contributed by atoms with van der Waals surface area (Å²) in [5.41, 5.74) is 7.07. The quantitative estimate of drug-likeness (QED) is 0.513. The van der Waals surface area contributed by atoms with Crippen molar-refractivity contribution in [2.45, 2.75) is 13.0 Å². The van der Waals surface area contributed by atoms with Crippen LogP contribution in [0.3, 0.4) is 0 Å². The fourth-order valence-corrected chi connectivity index (χ4v) is 3.19. The topological polar surface area (TPSA) is 103 Å². The summed E-state index contributed by atoms with van der Waals surface area (Å²) in [6.07, 6.45) is 2.63. The summed E-state index contributed by atoms with van der Waals surface area (Å²) < 4.78 is 35.0. The van der Waals surface area contributed by atoms with Gasteiger partial charge in [0.15, 0.2) is 17.4 Å². The van der Waals surface area contributed by atoms with Gasteiger partial charge in [0.2, 0.25) is 0 Å². The van der Waals surface area contributed by atoms with Gasteiger partial charge in [0.25, 0.3) is 0 Å². The molecule has 0 radical (unpaired) electrons. The number of aromatic nitrogens is 3. The number of anilines is 1. The second-order valence-corrected chi connectivity index (χ2v) is 6.62. The molecular weight excluding hydrogens is 394 g/mol. The van der Waals surface area contributed by atoms with E-state index in [2.05, 4.69) is 10.1 Å².